The molecule has 0 aliphatic carbocycles. The predicted molar refractivity (Wildman–Crippen MR) is 124 cm³/mol. The lowest BCUT2D eigenvalue weighted by molar-refractivity contribution is 0.139. The van der Waals surface area contributed by atoms with Gasteiger partial charge in [-0.25, -0.2) is 0 Å². The molecule has 0 amide bonds. The summed E-state index contributed by atoms with van der Waals surface area (Å²) in [4.78, 5) is 9.38. The van der Waals surface area contributed by atoms with E-state index in [1.165, 1.54) is 18.7 Å². The molecule has 0 unspecified atom stereocenters. The minimum Gasteiger partial charge on any atom is -0.457 e. The van der Waals surface area contributed by atoms with Gasteiger partial charge in [0.25, 0.3) is 0 Å². The fraction of sp³-hybridized carbons (Fsp3) is 0.458. The molecule has 0 spiro atoms. The Morgan fingerprint density at radius 1 is 1.00 bits per heavy atom. The number of nitrogens with zero attached hydrogens (tertiary/aromatic N) is 3. The summed E-state index contributed by atoms with van der Waals surface area (Å²) < 4.78 is 6.12. The molecule has 2 aromatic rings. The molecule has 30 heavy (non-hydrogen) atoms. The van der Waals surface area contributed by atoms with Crippen LogP contribution in [0.3, 0.4) is 0 Å². The minimum absolute atomic E-state index is 0.650. The van der Waals surface area contributed by atoms with Gasteiger partial charge in [0.2, 0.25) is 0 Å². The first kappa shape index (κ1) is 22.1. The Morgan fingerprint density at radius 2 is 1.73 bits per heavy atom. The monoisotopic (exact) mass is 409 g/mol. The van der Waals surface area contributed by atoms with E-state index >= 15 is 0 Å². The van der Waals surface area contributed by atoms with E-state index in [1.807, 2.05) is 37.4 Å². The van der Waals surface area contributed by atoms with Crippen LogP contribution >= 0.6 is 0 Å². The number of benzene rings is 2. The number of guanidine groups is 1. The van der Waals surface area contributed by atoms with E-state index in [0.717, 1.165) is 55.7 Å². The molecule has 0 bridgehead atoms. The van der Waals surface area contributed by atoms with Crippen molar-refractivity contribution in [1.29, 1.82) is 0 Å². The fourth-order valence-corrected chi connectivity index (χ4v) is 3.58. The van der Waals surface area contributed by atoms with Crippen LogP contribution < -0.4 is 15.4 Å². The Bertz CT molecular complexity index is 800. The Labute approximate surface area is 180 Å². The molecule has 2 aromatic carbocycles. The smallest absolute Gasteiger partial charge is 0.191 e. The zero-order valence-electron chi connectivity index (χ0n) is 18.5. The van der Waals surface area contributed by atoms with Crippen LogP contribution in [0, 0.1) is 6.92 Å². The highest BCUT2D eigenvalue weighted by molar-refractivity contribution is 5.79. The molecule has 1 aliphatic rings. The van der Waals surface area contributed by atoms with Crippen LogP contribution in [0.4, 0.5) is 0 Å². The van der Waals surface area contributed by atoms with E-state index in [-0.39, 0.29) is 0 Å². The SMILES string of the molecule is CCN1CCN(CCNC(=NC)NCc2ccc(C)cc2Oc2ccccc2)CC1. The summed E-state index contributed by atoms with van der Waals surface area (Å²) in [6, 6.07) is 16.2. The quantitative estimate of drug-likeness (QED) is 0.518. The molecule has 0 atom stereocenters. The largest absolute Gasteiger partial charge is 0.457 e. The van der Waals surface area contributed by atoms with Crippen LogP contribution in [-0.4, -0.2) is 68.6 Å². The summed E-state index contributed by atoms with van der Waals surface area (Å²) in [6.07, 6.45) is 0. The van der Waals surface area contributed by atoms with Crippen LogP contribution in [0.15, 0.2) is 53.5 Å². The molecule has 1 heterocycles. The zero-order chi connectivity index (χ0) is 21.2. The van der Waals surface area contributed by atoms with Gasteiger partial charge in [0, 0.05) is 58.4 Å². The van der Waals surface area contributed by atoms with Crippen molar-refractivity contribution in [3.8, 4) is 11.5 Å². The van der Waals surface area contributed by atoms with E-state index in [9.17, 15) is 0 Å². The van der Waals surface area contributed by atoms with Crippen LogP contribution in [0.1, 0.15) is 18.1 Å². The van der Waals surface area contributed by atoms with E-state index < -0.39 is 0 Å². The lowest BCUT2D eigenvalue weighted by atomic mass is 10.1. The van der Waals surface area contributed by atoms with Gasteiger partial charge in [-0.3, -0.25) is 9.89 Å². The van der Waals surface area contributed by atoms with Crippen molar-refractivity contribution in [3.63, 3.8) is 0 Å². The lowest BCUT2D eigenvalue weighted by Crippen LogP contribution is -2.49. The van der Waals surface area contributed by atoms with Crippen molar-refractivity contribution >= 4 is 5.96 Å². The summed E-state index contributed by atoms with van der Waals surface area (Å²) in [6.45, 7) is 12.7. The van der Waals surface area contributed by atoms with Gasteiger partial charge in [-0.05, 0) is 37.2 Å². The third kappa shape index (κ3) is 6.75. The highest BCUT2D eigenvalue weighted by Gasteiger charge is 2.15. The molecule has 0 aromatic heterocycles. The summed E-state index contributed by atoms with van der Waals surface area (Å²) in [5.41, 5.74) is 2.28. The maximum Gasteiger partial charge on any atom is 0.191 e. The Balaban J connectivity index is 1.49. The average Bonchev–Trinajstić information content (AvgIpc) is 2.78. The van der Waals surface area contributed by atoms with Crippen molar-refractivity contribution in [2.45, 2.75) is 20.4 Å². The molecular formula is C24H35N5O. The van der Waals surface area contributed by atoms with Gasteiger partial charge in [-0.2, -0.15) is 0 Å². The topological polar surface area (TPSA) is 52.1 Å². The number of piperazine rings is 1. The van der Waals surface area contributed by atoms with Gasteiger partial charge in [-0.15, -0.1) is 0 Å². The molecule has 0 saturated carbocycles. The number of ether oxygens (including phenoxy) is 1. The summed E-state index contributed by atoms with van der Waals surface area (Å²) in [5.74, 6) is 2.53. The molecular weight excluding hydrogens is 374 g/mol. The average molecular weight is 410 g/mol. The second-order valence-electron chi connectivity index (χ2n) is 7.65. The number of aliphatic imine (C=N–C) groups is 1. The maximum absolute atomic E-state index is 6.12. The third-order valence-electron chi connectivity index (χ3n) is 5.50. The normalized spacial score (nSPS) is 15.8. The Kier molecular flexibility index (Phi) is 8.53. The number of nitrogens with one attached hydrogen (secondary N) is 2. The molecule has 162 valence electrons. The molecule has 1 aliphatic heterocycles. The van der Waals surface area contributed by atoms with E-state index in [2.05, 4.69) is 57.5 Å². The Morgan fingerprint density at radius 3 is 2.43 bits per heavy atom. The highest BCUT2D eigenvalue weighted by atomic mass is 16.5. The molecule has 0 radical (unpaired) electrons. The van der Waals surface area contributed by atoms with Crippen LogP contribution in [0.5, 0.6) is 11.5 Å². The van der Waals surface area contributed by atoms with Crippen LogP contribution in [-0.2, 0) is 6.54 Å². The molecule has 6 nitrogen and oxygen atoms in total. The van der Waals surface area contributed by atoms with E-state index in [1.54, 1.807) is 0 Å². The van der Waals surface area contributed by atoms with Crippen molar-refractivity contribution in [2.24, 2.45) is 4.99 Å². The molecule has 2 N–H and O–H groups in total. The van der Waals surface area contributed by atoms with Crippen molar-refractivity contribution in [3.05, 3.63) is 59.7 Å². The van der Waals surface area contributed by atoms with Gasteiger partial charge in [-0.1, -0.05) is 37.3 Å². The van der Waals surface area contributed by atoms with Gasteiger partial charge >= 0.3 is 0 Å². The van der Waals surface area contributed by atoms with Crippen molar-refractivity contribution < 1.29 is 4.74 Å². The first-order valence-corrected chi connectivity index (χ1v) is 10.9. The van der Waals surface area contributed by atoms with E-state index in [0.29, 0.717) is 6.54 Å². The second-order valence-corrected chi connectivity index (χ2v) is 7.65. The maximum atomic E-state index is 6.12. The minimum atomic E-state index is 0.650. The number of rotatable bonds is 8. The standard InChI is InChI=1S/C24H35N5O/c1-4-28-14-16-29(17-15-28)13-12-26-24(25-3)27-19-21-11-10-20(2)18-23(21)30-22-8-6-5-7-9-22/h5-11,18H,4,12-17,19H2,1-3H3,(H2,25,26,27). The third-order valence-corrected chi connectivity index (χ3v) is 5.50. The van der Waals surface area contributed by atoms with E-state index in [4.69, 9.17) is 4.74 Å². The number of aryl methyl sites for hydroxylation is 1. The molecule has 1 saturated heterocycles. The van der Waals surface area contributed by atoms with Crippen LogP contribution in [0.2, 0.25) is 0 Å². The number of hydrogen-bond donors (Lipinski definition) is 2. The van der Waals surface area contributed by atoms with Gasteiger partial charge in [0.05, 0.1) is 0 Å². The van der Waals surface area contributed by atoms with Crippen LogP contribution in [0.25, 0.3) is 0 Å². The van der Waals surface area contributed by atoms with Gasteiger partial charge in [0.1, 0.15) is 11.5 Å². The first-order valence-electron chi connectivity index (χ1n) is 10.9. The predicted octanol–water partition coefficient (Wildman–Crippen LogP) is 3.09. The fourth-order valence-electron chi connectivity index (χ4n) is 3.58. The number of likely N-dealkylation sites (N-methyl/N-ethyl adjacent to an activating group) is 1. The molecule has 3 rings (SSSR count). The molecule has 6 heteroatoms. The van der Waals surface area contributed by atoms with Crippen molar-refractivity contribution in [1.82, 2.24) is 20.4 Å². The number of hydrogen-bond acceptors (Lipinski definition) is 4. The zero-order valence-corrected chi connectivity index (χ0v) is 18.5. The van der Waals surface area contributed by atoms with Crippen molar-refractivity contribution in [2.75, 3.05) is 52.9 Å². The van der Waals surface area contributed by atoms with Gasteiger partial charge < -0.3 is 20.3 Å². The summed E-state index contributed by atoms with van der Waals surface area (Å²) in [7, 11) is 1.81. The summed E-state index contributed by atoms with van der Waals surface area (Å²) >= 11 is 0. The van der Waals surface area contributed by atoms with Gasteiger partial charge in [0.15, 0.2) is 5.96 Å². The second kappa shape index (κ2) is 11.6. The highest BCUT2D eigenvalue weighted by Crippen LogP contribution is 2.26. The Hall–Kier alpha value is -2.57. The first-order chi connectivity index (χ1) is 14.7. The summed E-state index contributed by atoms with van der Waals surface area (Å²) in [5, 5.41) is 6.85. The molecule has 1 fully saturated rings. The number of para-hydroxylation sites is 1. The lowest BCUT2D eigenvalue weighted by Gasteiger charge is -2.34.